The van der Waals surface area contributed by atoms with Gasteiger partial charge in [0.1, 0.15) is 5.82 Å². The van der Waals surface area contributed by atoms with Crippen LogP contribution in [0.5, 0.6) is 11.5 Å². The van der Waals surface area contributed by atoms with Crippen LogP contribution >= 0.6 is 0 Å². The first kappa shape index (κ1) is 19.3. The molecule has 150 valence electrons. The summed E-state index contributed by atoms with van der Waals surface area (Å²) in [6, 6.07) is 19.2. The Morgan fingerprint density at radius 2 is 1.79 bits per heavy atom. The molecule has 4 rings (SSSR count). The Hall–Kier alpha value is -3.05. The van der Waals surface area contributed by atoms with E-state index in [1.165, 1.54) is 22.3 Å². The molecule has 1 aliphatic heterocycles. The van der Waals surface area contributed by atoms with Gasteiger partial charge < -0.3 is 14.8 Å². The third-order valence-corrected chi connectivity index (χ3v) is 5.59. The number of fused-ring (bicyclic) bond motifs is 1. The predicted molar refractivity (Wildman–Crippen MR) is 116 cm³/mol. The molecule has 1 atom stereocenters. The average Bonchev–Trinajstić information content (AvgIpc) is 2.78. The molecule has 29 heavy (non-hydrogen) atoms. The summed E-state index contributed by atoms with van der Waals surface area (Å²) in [7, 11) is 5.30. The Balaban J connectivity index is 1.79. The maximum Gasteiger partial charge on any atom is 0.161 e. The van der Waals surface area contributed by atoms with E-state index in [2.05, 4.69) is 63.7 Å². The number of hydrogen-bond acceptors (Lipinski definition) is 5. The fraction of sp³-hybridized carbons (Fsp3) is 0.292. The van der Waals surface area contributed by atoms with Gasteiger partial charge in [-0.15, -0.1) is 0 Å². The lowest BCUT2D eigenvalue weighted by Gasteiger charge is -2.38. The highest BCUT2D eigenvalue weighted by Crippen LogP contribution is 2.41. The first-order chi connectivity index (χ1) is 14.2. The van der Waals surface area contributed by atoms with E-state index in [4.69, 9.17) is 9.47 Å². The Morgan fingerprint density at radius 1 is 1.03 bits per heavy atom. The highest BCUT2D eigenvalue weighted by atomic mass is 16.5. The number of hydrogen-bond donors (Lipinski definition) is 1. The number of rotatable bonds is 6. The zero-order valence-electron chi connectivity index (χ0n) is 17.2. The highest BCUT2D eigenvalue weighted by molar-refractivity contribution is 5.52. The number of nitrogens with zero attached hydrogens (tertiary/aromatic N) is 2. The van der Waals surface area contributed by atoms with Crippen LogP contribution < -0.4 is 14.8 Å². The Bertz CT molecular complexity index is 975. The summed E-state index contributed by atoms with van der Waals surface area (Å²) >= 11 is 0. The van der Waals surface area contributed by atoms with Crippen molar-refractivity contribution < 1.29 is 9.47 Å². The van der Waals surface area contributed by atoms with E-state index >= 15 is 0 Å². The second-order valence-electron chi connectivity index (χ2n) is 7.20. The van der Waals surface area contributed by atoms with Crippen LogP contribution in [0.15, 0.2) is 60.8 Å². The Morgan fingerprint density at radius 3 is 2.52 bits per heavy atom. The fourth-order valence-electron chi connectivity index (χ4n) is 4.20. The van der Waals surface area contributed by atoms with Crippen molar-refractivity contribution in [3.05, 3.63) is 83.0 Å². The number of nitrogens with one attached hydrogen (secondary N) is 1. The second-order valence-corrected chi connectivity index (χ2v) is 7.20. The largest absolute Gasteiger partial charge is 0.493 e. The van der Waals surface area contributed by atoms with Gasteiger partial charge in [0.25, 0.3) is 0 Å². The molecule has 1 aromatic heterocycles. The number of methoxy groups -OCH3 is 2. The highest BCUT2D eigenvalue weighted by Gasteiger charge is 2.30. The molecule has 1 aliphatic rings. The van der Waals surface area contributed by atoms with Crippen LogP contribution in [0, 0.1) is 0 Å². The van der Waals surface area contributed by atoms with Crippen LogP contribution in [0.3, 0.4) is 0 Å². The van der Waals surface area contributed by atoms with Gasteiger partial charge in [0, 0.05) is 31.9 Å². The van der Waals surface area contributed by atoms with Crippen molar-refractivity contribution in [3.63, 3.8) is 0 Å². The maximum atomic E-state index is 5.61. The Kier molecular flexibility index (Phi) is 5.67. The number of anilines is 1. The molecule has 2 heterocycles. The fourth-order valence-corrected chi connectivity index (χ4v) is 4.20. The minimum Gasteiger partial charge on any atom is -0.493 e. The van der Waals surface area contributed by atoms with Crippen LogP contribution in [0.25, 0.3) is 0 Å². The molecule has 0 aliphatic carbocycles. The van der Waals surface area contributed by atoms with Crippen LogP contribution in [-0.4, -0.2) is 37.7 Å². The molecule has 1 unspecified atom stereocenters. The van der Waals surface area contributed by atoms with Crippen molar-refractivity contribution >= 4 is 5.82 Å². The first-order valence-electron chi connectivity index (χ1n) is 9.90. The van der Waals surface area contributed by atoms with E-state index in [1.54, 1.807) is 14.2 Å². The van der Waals surface area contributed by atoms with E-state index in [9.17, 15) is 0 Å². The number of benzene rings is 2. The molecule has 5 nitrogen and oxygen atoms in total. The zero-order chi connectivity index (χ0) is 20.2. The second kappa shape index (κ2) is 8.53. The monoisotopic (exact) mass is 389 g/mol. The number of aromatic nitrogens is 1. The molecular weight excluding hydrogens is 362 g/mol. The third kappa shape index (κ3) is 3.78. The number of ether oxygens (including phenoxy) is 2. The lowest BCUT2D eigenvalue weighted by Crippen LogP contribution is -2.36. The summed E-state index contributed by atoms with van der Waals surface area (Å²) in [5.41, 5.74) is 5.05. The molecule has 2 aromatic carbocycles. The quantitative estimate of drug-likeness (QED) is 0.682. The molecule has 5 heteroatoms. The summed E-state index contributed by atoms with van der Waals surface area (Å²) in [6.45, 7) is 1.78. The standard InChI is InChI=1S/C24H27N3O2/c1-25-24-19(10-7-12-26-24)16-27-13-11-18-14-21(28-2)22(29-3)15-20(18)23(27)17-8-5-4-6-9-17/h4-10,12,14-15,23H,11,13,16H2,1-3H3,(H,25,26). The summed E-state index contributed by atoms with van der Waals surface area (Å²) in [4.78, 5) is 7.00. The summed E-state index contributed by atoms with van der Waals surface area (Å²) in [6.07, 6.45) is 2.79. The SMILES string of the molecule is CNc1ncccc1CN1CCc2cc(OC)c(OC)cc2C1c1ccccc1. The van der Waals surface area contributed by atoms with Crippen molar-refractivity contribution in [3.8, 4) is 11.5 Å². The van der Waals surface area contributed by atoms with E-state index in [1.807, 2.05) is 19.3 Å². The van der Waals surface area contributed by atoms with Gasteiger partial charge in [0.2, 0.25) is 0 Å². The topological polar surface area (TPSA) is 46.6 Å². The van der Waals surface area contributed by atoms with Crippen LogP contribution in [-0.2, 0) is 13.0 Å². The summed E-state index contributed by atoms with van der Waals surface area (Å²) in [5, 5.41) is 3.22. The molecule has 0 radical (unpaired) electrons. The van der Waals surface area contributed by atoms with Crippen LogP contribution in [0.4, 0.5) is 5.82 Å². The van der Waals surface area contributed by atoms with E-state index in [0.29, 0.717) is 0 Å². The van der Waals surface area contributed by atoms with Crippen LogP contribution in [0.2, 0.25) is 0 Å². The molecule has 0 saturated heterocycles. The van der Waals surface area contributed by atoms with Gasteiger partial charge in [-0.3, -0.25) is 4.90 Å². The van der Waals surface area contributed by atoms with Gasteiger partial charge in [-0.2, -0.15) is 0 Å². The van der Waals surface area contributed by atoms with Gasteiger partial charge in [-0.1, -0.05) is 36.4 Å². The number of pyridine rings is 1. The molecule has 0 saturated carbocycles. The molecular formula is C24H27N3O2. The van der Waals surface area contributed by atoms with Gasteiger partial charge in [-0.25, -0.2) is 4.98 Å². The lowest BCUT2D eigenvalue weighted by atomic mass is 9.87. The van der Waals surface area contributed by atoms with Gasteiger partial charge in [-0.05, 0) is 41.3 Å². The van der Waals surface area contributed by atoms with Gasteiger partial charge in [0.05, 0.1) is 20.3 Å². The van der Waals surface area contributed by atoms with Gasteiger partial charge >= 0.3 is 0 Å². The summed E-state index contributed by atoms with van der Waals surface area (Å²) in [5.74, 6) is 2.49. The molecule has 0 fully saturated rings. The van der Waals surface area contributed by atoms with Crippen molar-refractivity contribution in [2.24, 2.45) is 0 Å². The van der Waals surface area contributed by atoms with Crippen molar-refractivity contribution in [1.29, 1.82) is 0 Å². The lowest BCUT2D eigenvalue weighted by molar-refractivity contribution is 0.203. The molecule has 3 aromatic rings. The Labute approximate surface area is 172 Å². The third-order valence-electron chi connectivity index (χ3n) is 5.59. The minimum atomic E-state index is 0.143. The molecule has 0 amide bonds. The minimum absolute atomic E-state index is 0.143. The van der Waals surface area contributed by atoms with Crippen LogP contribution in [0.1, 0.15) is 28.3 Å². The smallest absolute Gasteiger partial charge is 0.161 e. The van der Waals surface area contributed by atoms with E-state index in [0.717, 1.165) is 36.8 Å². The predicted octanol–water partition coefficient (Wildman–Crippen LogP) is 4.29. The zero-order valence-corrected chi connectivity index (χ0v) is 17.2. The maximum absolute atomic E-state index is 5.61. The molecule has 0 spiro atoms. The normalized spacial score (nSPS) is 16.2. The summed E-state index contributed by atoms with van der Waals surface area (Å²) < 4.78 is 11.2. The van der Waals surface area contributed by atoms with Crippen molar-refractivity contribution in [2.75, 3.05) is 33.1 Å². The van der Waals surface area contributed by atoms with Gasteiger partial charge in [0.15, 0.2) is 11.5 Å². The first-order valence-corrected chi connectivity index (χ1v) is 9.90. The van der Waals surface area contributed by atoms with Crippen molar-refractivity contribution in [2.45, 2.75) is 19.0 Å². The van der Waals surface area contributed by atoms with E-state index < -0.39 is 0 Å². The molecule has 0 bridgehead atoms. The molecule has 1 N–H and O–H groups in total. The average molecular weight is 389 g/mol. The van der Waals surface area contributed by atoms with E-state index in [-0.39, 0.29) is 6.04 Å². The van der Waals surface area contributed by atoms with Crippen molar-refractivity contribution in [1.82, 2.24) is 9.88 Å².